The van der Waals surface area contributed by atoms with E-state index in [1.807, 2.05) is 107 Å². The van der Waals surface area contributed by atoms with Crippen LogP contribution in [0.1, 0.15) is 0 Å². The molecule has 0 aromatic carbocycles. The molecule has 0 bridgehead atoms. The van der Waals surface area contributed by atoms with Gasteiger partial charge in [-0.3, -0.25) is 0 Å². The summed E-state index contributed by atoms with van der Waals surface area (Å²) in [6.45, 7) is 0. The Bertz CT molecular complexity index is 923. The first-order chi connectivity index (χ1) is 17.4. The molecule has 0 radical (unpaired) electrons. The molecule has 0 aliphatic heterocycles. The van der Waals surface area contributed by atoms with Crippen LogP contribution in [-0.2, 0) is 61.8 Å². The predicted octanol–water partition coefficient (Wildman–Crippen LogP) is -3.47. The zero-order chi connectivity index (χ0) is 26.4. The fourth-order valence-corrected chi connectivity index (χ4v) is 1.95. The van der Waals surface area contributed by atoms with E-state index in [2.05, 4.69) is 29.9 Å². The van der Waals surface area contributed by atoms with E-state index in [-0.39, 0.29) is 44.3 Å². The summed E-state index contributed by atoms with van der Waals surface area (Å²) in [4.78, 5) is 22.7. The normalized spacial score (nSPS) is 8.15. The topological polar surface area (TPSA) is 107 Å². The molecule has 0 N–H and O–H groups in total. The van der Waals surface area contributed by atoms with Gasteiger partial charge in [-0.05, 0) is 0 Å². The quantitative estimate of drug-likeness (QED) is 0.156. The molecule has 6 heterocycles. The molecule has 0 atom stereocenters. The second-order valence-electron chi connectivity index (χ2n) is 7.37. The van der Waals surface area contributed by atoms with E-state index in [0.29, 0.717) is 0 Å². The fraction of sp³-hybridized carbons (Fsp3) is 0.250. The van der Waals surface area contributed by atoms with E-state index < -0.39 is 0 Å². The third-order valence-electron chi connectivity index (χ3n) is 3.82. The van der Waals surface area contributed by atoms with E-state index in [1.54, 1.807) is 75.1 Å². The summed E-state index contributed by atoms with van der Waals surface area (Å²) < 4.78 is 11.3. The molecule has 0 saturated carbocycles. The molecular formula is C24H36Cl2N12Ru. The number of imidazole rings is 6. The summed E-state index contributed by atoms with van der Waals surface area (Å²) in [6, 6.07) is 0. The number of rotatable bonds is 0. The monoisotopic (exact) mass is 664 g/mol. The van der Waals surface area contributed by atoms with Crippen molar-refractivity contribution in [1.82, 2.24) is 57.3 Å². The van der Waals surface area contributed by atoms with Crippen LogP contribution in [0.2, 0.25) is 0 Å². The number of nitrogens with zero attached hydrogens (tertiary/aromatic N) is 12. The molecule has 12 nitrogen and oxygen atoms in total. The second kappa shape index (κ2) is 26.1. The third kappa shape index (κ3) is 24.5. The molecule has 214 valence electrons. The first-order valence-electron chi connectivity index (χ1n) is 10.9. The summed E-state index contributed by atoms with van der Waals surface area (Å²) in [7, 11) is 11.6. The van der Waals surface area contributed by atoms with Crippen molar-refractivity contribution in [2.24, 2.45) is 42.3 Å². The van der Waals surface area contributed by atoms with Crippen LogP contribution in [0.25, 0.3) is 0 Å². The van der Waals surface area contributed by atoms with Gasteiger partial charge in [0.15, 0.2) is 0 Å². The number of aromatic nitrogens is 12. The van der Waals surface area contributed by atoms with Gasteiger partial charge < -0.3 is 52.2 Å². The smallest absolute Gasteiger partial charge is 1.00 e. The molecule has 0 spiro atoms. The van der Waals surface area contributed by atoms with Crippen molar-refractivity contribution in [3.8, 4) is 0 Å². The summed E-state index contributed by atoms with van der Waals surface area (Å²) in [6.07, 6.45) is 32.3. The van der Waals surface area contributed by atoms with Crippen molar-refractivity contribution >= 4 is 0 Å². The Labute approximate surface area is 255 Å². The molecule has 6 rings (SSSR count). The molecule has 0 amide bonds. The van der Waals surface area contributed by atoms with Crippen LogP contribution in [0, 0.1) is 0 Å². The van der Waals surface area contributed by atoms with Gasteiger partial charge in [0.05, 0.1) is 38.0 Å². The molecule has 0 aliphatic rings. The Balaban J connectivity index is -0.000000393. The molecule has 0 aliphatic carbocycles. The van der Waals surface area contributed by atoms with E-state index in [9.17, 15) is 0 Å². The van der Waals surface area contributed by atoms with Gasteiger partial charge in [0.2, 0.25) is 0 Å². The standard InChI is InChI=1S/6C4H6N2.2ClH.Ru/c6*1-6-3-2-5-4-6;;;/h6*2-4H,1H3;2*1H;/q;;;;;;;;+2/p-2. The van der Waals surface area contributed by atoms with Crippen LogP contribution < -0.4 is 24.8 Å². The van der Waals surface area contributed by atoms with E-state index in [0.717, 1.165) is 0 Å². The van der Waals surface area contributed by atoms with E-state index in [1.165, 1.54) is 0 Å². The molecule has 15 heteroatoms. The van der Waals surface area contributed by atoms with Gasteiger partial charge in [-0.2, -0.15) is 0 Å². The maximum Gasteiger partial charge on any atom is 2.00 e. The van der Waals surface area contributed by atoms with Gasteiger partial charge >= 0.3 is 19.5 Å². The fourth-order valence-electron chi connectivity index (χ4n) is 1.95. The minimum absolute atomic E-state index is 0. The van der Waals surface area contributed by atoms with Gasteiger partial charge in [0.25, 0.3) is 0 Å². The average molecular weight is 665 g/mol. The molecule has 6 aromatic rings. The van der Waals surface area contributed by atoms with Crippen LogP contribution in [0.3, 0.4) is 0 Å². The van der Waals surface area contributed by atoms with E-state index >= 15 is 0 Å². The maximum atomic E-state index is 3.78. The summed E-state index contributed by atoms with van der Waals surface area (Å²) in [5.41, 5.74) is 0. The SMILES string of the molecule is Cn1ccnc1.Cn1ccnc1.Cn1ccnc1.Cn1ccnc1.Cn1ccnc1.Cn1ccnc1.[Cl-].[Cl-].[Ru+2]. The molecule has 0 fully saturated rings. The van der Waals surface area contributed by atoms with Gasteiger partial charge in [-0.1, -0.05) is 0 Å². The van der Waals surface area contributed by atoms with Crippen LogP contribution in [0.15, 0.2) is 112 Å². The van der Waals surface area contributed by atoms with Gasteiger partial charge in [0.1, 0.15) is 0 Å². The Morgan fingerprint density at radius 3 is 0.462 bits per heavy atom. The summed E-state index contributed by atoms with van der Waals surface area (Å²) in [5.74, 6) is 0. The molecule has 39 heavy (non-hydrogen) atoms. The van der Waals surface area contributed by atoms with Gasteiger partial charge in [-0.15, -0.1) is 0 Å². The van der Waals surface area contributed by atoms with E-state index in [4.69, 9.17) is 0 Å². The first-order valence-corrected chi connectivity index (χ1v) is 10.9. The molecule has 6 aromatic heterocycles. The van der Waals surface area contributed by atoms with Crippen molar-refractivity contribution < 1.29 is 44.3 Å². The van der Waals surface area contributed by atoms with Crippen molar-refractivity contribution in [2.45, 2.75) is 0 Å². The largest absolute Gasteiger partial charge is 2.00 e. The maximum absolute atomic E-state index is 3.78. The van der Waals surface area contributed by atoms with Crippen molar-refractivity contribution in [3.63, 3.8) is 0 Å². The summed E-state index contributed by atoms with van der Waals surface area (Å²) >= 11 is 0. The van der Waals surface area contributed by atoms with Gasteiger partial charge in [-0.25, -0.2) is 29.9 Å². The first kappa shape index (κ1) is 40.0. The van der Waals surface area contributed by atoms with Gasteiger partial charge in [0, 0.05) is 117 Å². The average Bonchev–Trinajstić information content (AvgIpc) is 3.67. The van der Waals surface area contributed by atoms with Crippen LogP contribution in [0.5, 0.6) is 0 Å². The Morgan fingerprint density at radius 2 is 0.436 bits per heavy atom. The Morgan fingerprint density at radius 1 is 0.308 bits per heavy atom. The van der Waals surface area contributed by atoms with Crippen molar-refractivity contribution in [1.29, 1.82) is 0 Å². The zero-order valence-corrected chi connectivity index (χ0v) is 26.1. The number of hydrogen-bond acceptors (Lipinski definition) is 6. The Hall–Kier alpha value is -3.54. The zero-order valence-electron chi connectivity index (χ0n) is 22.9. The van der Waals surface area contributed by atoms with Crippen molar-refractivity contribution in [3.05, 3.63) is 112 Å². The minimum atomic E-state index is 0. The predicted molar refractivity (Wildman–Crippen MR) is 139 cm³/mol. The second-order valence-corrected chi connectivity index (χ2v) is 7.37. The Kier molecular flexibility index (Phi) is 26.7. The van der Waals surface area contributed by atoms with Crippen molar-refractivity contribution in [2.75, 3.05) is 0 Å². The third-order valence-corrected chi connectivity index (χ3v) is 3.82. The molecule has 0 saturated heterocycles. The molecule has 0 unspecified atom stereocenters. The number of hydrogen-bond donors (Lipinski definition) is 0. The van der Waals surface area contributed by atoms with Crippen LogP contribution in [0.4, 0.5) is 0 Å². The number of halogens is 2. The van der Waals surface area contributed by atoms with Crippen LogP contribution in [-0.4, -0.2) is 57.3 Å². The minimum Gasteiger partial charge on any atom is -1.00 e. The summed E-state index contributed by atoms with van der Waals surface area (Å²) in [5, 5.41) is 0. The molecular weight excluding hydrogens is 628 g/mol. The van der Waals surface area contributed by atoms with Crippen LogP contribution >= 0.6 is 0 Å². The number of aryl methyl sites for hydroxylation is 6.